The van der Waals surface area contributed by atoms with E-state index in [2.05, 4.69) is 0 Å². The van der Waals surface area contributed by atoms with Crippen molar-refractivity contribution in [2.75, 3.05) is 7.11 Å². The van der Waals surface area contributed by atoms with E-state index in [-0.39, 0.29) is 11.4 Å². The molecule has 0 aromatic heterocycles. The highest BCUT2D eigenvalue weighted by molar-refractivity contribution is 6.31. The molecule has 110 valence electrons. The Morgan fingerprint density at radius 2 is 1.95 bits per heavy atom. The van der Waals surface area contributed by atoms with Crippen LogP contribution in [0.15, 0.2) is 42.5 Å². The van der Waals surface area contributed by atoms with Crippen molar-refractivity contribution < 1.29 is 14.4 Å². The number of hydrogen-bond acceptors (Lipinski definition) is 4. The Morgan fingerprint density at radius 3 is 2.57 bits per heavy atom. The van der Waals surface area contributed by atoms with Gasteiger partial charge in [-0.2, -0.15) is 0 Å². The lowest BCUT2D eigenvalue weighted by atomic mass is 10.1. The van der Waals surface area contributed by atoms with E-state index in [9.17, 15) is 10.1 Å². The summed E-state index contributed by atoms with van der Waals surface area (Å²) in [6.07, 6.45) is -0.411. The Hall–Kier alpha value is -2.27. The molecule has 0 N–H and O–H groups in total. The Bertz CT molecular complexity index is 660. The minimum absolute atomic E-state index is 0.145. The Morgan fingerprint density at radius 1 is 1.24 bits per heavy atom. The lowest BCUT2D eigenvalue weighted by molar-refractivity contribution is -0.386. The van der Waals surface area contributed by atoms with E-state index in [4.69, 9.17) is 21.1 Å². The van der Waals surface area contributed by atoms with Gasteiger partial charge in [0.05, 0.1) is 18.1 Å². The summed E-state index contributed by atoms with van der Waals surface area (Å²) in [4.78, 5) is 10.6. The number of methoxy groups -OCH3 is 1. The van der Waals surface area contributed by atoms with Gasteiger partial charge in [0.1, 0.15) is 11.9 Å². The number of nitro groups is 1. The summed E-state index contributed by atoms with van der Waals surface area (Å²) in [7, 11) is 1.45. The molecule has 0 aliphatic carbocycles. The van der Waals surface area contributed by atoms with Gasteiger partial charge < -0.3 is 9.47 Å². The fraction of sp³-hybridized carbons (Fsp3) is 0.200. The number of ether oxygens (including phenoxy) is 2. The smallest absolute Gasteiger partial charge is 0.314 e. The fourth-order valence-corrected chi connectivity index (χ4v) is 2.21. The predicted octanol–water partition coefficient (Wildman–Crippen LogP) is 4.40. The highest BCUT2D eigenvalue weighted by Crippen LogP contribution is 2.35. The zero-order valence-electron chi connectivity index (χ0n) is 11.6. The van der Waals surface area contributed by atoms with Crippen LogP contribution >= 0.6 is 11.6 Å². The first kappa shape index (κ1) is 15.1. The van der Waals surface area contributed by atoms with Crippen LogP contribution in [-0.2, 0) is 0 Å². The molecular weight excluding hydrogens is 294 g/mol. The summed E-state index contributed by atoms with van der Waals surface area (Å²) < 4.78 is 10.7. The third kappa shape index (κ3) is 3.44. The Balaban J connectivity index is 2.31. The summed E-state index contributed by atoms with van der Waals surface area (Å²) in [5.41, 5.74) is 0.623. The molecule has 0 unspecified atom stereocenters. The summed E-state index contributed by atoms with van der Waals surface area (Å²) >= 11 is 6.10. The van der Waals surface area contributed by atoms with Gasteiger partial charge in [-0.3, -0.25) is 10.1 Å². The molecule has 0 saturated heterocycles. The second kappa shape index (κ2) is 6.45. The normalized spacial score (nSPS) is 11.8. The molecule has 0 bridgehead atoms. The summed E-state index contributed by atoms with van der Waals surface area (Å²) in [5, 5.41) is 11.7. The first-order valence-corrected chi connectivity index (χ1v) is 6.64. The average Bonchev–Trinajstić information content (AvgIpc) is 2.47. The van der Waals surface area contributed by atoms with Crippen LogP contribution in [0.25, 0.3) is 0 Å². The Kier molecular flexibility index (Phi) is 4.65. The van der Waals surface area contributed by atoms with E-state index < -0.39 is 11.0 Å². The van der Waals surface area contributed by atoms with Gasteiger partial charge in [-0.25, -0.2) is 0 Å². The fourth-order valence-electron chi connectivity index (χ4n) is 1.93. The molecule has 1 atom stereocenters. The Labute approximate surface area is 127 Å². The maximum atomic E-state index is 11.1. The molecule has 2 aromatic carbocycles. The van der Waals surface area contributed by atoms with Crippen LogP contribution in [0.4, 0.5) is 5.69 Å². The molecule has 21 heavy (non-hydrogen) atoms. The molecule has 0 aliphatic rings. The van der Waals surface area contributed by atoms with E-state index in [1.165, 1.54) is 19.2 Å². The third-order valence-electron chi connectivity index (χ3n) is 3.01. The van der Waals surface area contributed by atoms with Crippen molar-refractivity contribution >= 4 is 17.3 Å². The van der Waals surface area contributed by atoms with Crippen LogP contribution in [0.1, 0.15) is 18.6 Å². The number of hydrogen-bond donors (Lipinski definition) is 0. The lowest BCUT2D eigenvalue weighted by Crippen LogP contribution is -2.05. The maximum absolute atomic E-state index is 11.1. The zero-order valence-corrected chi connectivity index (χ0v) is 12.3. The molecule has 5 nitrogen and oxygen atoms in total. The van der Waals surface area contributed by atoms with Gasteiger partial charge in [-0.05, 0) is 25.1 Å². The molecule has 0 fully saturated rings. The number of benzene rings is 2. The lowest BCUT2D eigenvalue weighted by Gasteiger charge is -2.16. The molecular formula is C15H14ClNO4. The van der Waals surface area contributed by atoms with Gasteiger partial charge in [0, 0.05) is 10.6 Å². The highest BCUT2D eigenvalue weighted by atomic mass is 35.5. The van der Waals surface area contributed by atoms with Crippen molar-refractivity contribution in [1.82, 2.24) is 0 Å². The molecule has 0 spiro atoms. The van der Waals surface area contributed by atoms with Gasteiger partial charge >= 0.3 is 5.69 Å². The van der Waals surface area contributed by atoms with Crippen molar-refractivity contribution in [3.63, 3.8) is 0 Å². The minimum atomic E-state index is -0.503. The van der Waals surface area contributed by atoms with Crippen LogP contribution in [-0.4, -0.2) is 12.0 Å². The first-order valence-electron chi connectivity index (χ1n) is 6.26. The van der Waals surface area contributed by atoms with Crippen LogP contribution in [0, 0.1) is 10.1 Å². The SMILES string of the molecule is COc1ccc(O[C@H](C)c2ccccc2Cl)c([N+](=O)[O-])c1. The van der Waals surface area contributed by atoms with Gasteiger partial charge in [-0.1, -0.05) is 29.8 Å². The molecule has 0 saturated carbocycles. The van der Waals surface area contributed by atoms with E-state index in [0.29, 0.717) is 10.8 Å². The second-order valence-electron chi connectivity index (χ2n) is 4.37. The van der Waals surface area contributed by atoms with Crippen LogP contribution in [0.3, 0.4) is 0 Å². The summed E-state index contributed by atoms with van der Waals surface area (Å²) in [6.45, 7) is 1.79. The maximum Gasteiger partial charge on any atom is 0.314 e. The number of halogens is 1. The molecule has 0 radical (unpaired) electrons. The second-order valence-corrected chi connectivity index (χ2v) is 4.78. The van der Waals surface area contributed by atoms with Gasteiger partial charge in [0.2, 0.25) is 0 Å². The molecule has 2 rings (SSSR count). The van der Waals surface area contributed by atoms with E-state index in [0.717, 1.165) is 5.56 Å². The monoisotopic (exact) mass is 307 g/mol. The molecule has 0 heterocycles. The average molecular weight is 308 g/mol. The van der Waals surface area contributed by atoms with Crippen molar-refractivity contribution in [3.05, 3.63) is 63.2 Å². The van der Waals surface area contributed by atoms with Gasteiger partial charge in [0.15, 0.2) is 5.75 Å². The van der Waals surface area contributed by atoms with Gasteiger partial charge in [-0.15, -0.1) is 0 Å². The van der Waals surface area contributed by atoms with Gasteiger partial charge in [0.25, 0.3) is 0 Å². The van der Waals surface area contributed by atoms with Crippen molar-refractivity contribution in [2.45, 2.75) is 13.0 Å². The predicted molar refractivity (Wildman–Crippen MR) is 80.1 cm³/mol. The van der Waals surface area contributed by atoms with Crippen molar-refractivity contribution in [2.24, 2.45) is 0 Å². The molecule has 2 aromatic rings. The van der Waals surface area contributed by atoms with Crippen LogP contribution < -0.4 is 9.47 Å². The largest absolute Gasteiger partial charge is 0.496 e. The number of nitrogens with zero attached hydrogens (tertiary/aromatic N) is 1. The number of nitro benzene ring substituents is 1. The summed E-state index contributed by atoms with van der Waals surface area (Å²) in [6, 6.07) is 11.7. The molecule has 0 amide bonds. The molecule has 6 heteroatoms. The van der Waals surface area contributed by atoms with Crippen LogP contribution in [0.2, 0.25) is 5.02 Å². The first-order chi connectivity index (χ1) is 10.0. The van der Waals surface area contributed by atoms with Crippen molar-refractivity contribution in [1.29, 1.82) is 0 Å². The topological polar surface area (TPSA) is 61.6 Å². The zero-order chi connectivity index (χ0) is 15.4. The number of rotatable bonds is 5. The summed E-state index contributed by atoms with van der Waals surface area (Å²) in [5.74, 6) is 0.577. The van der Waals surface area contributed by atoms with E-state index >= 15 is 0 Å². The van der Waals surface area contributed by atoms with E-state index in [1.54, 1.807) is 19.1 Å². The highest BCUT2D eigenvalue weighted by Gasteiger charge is 2.20. The standard InChI is InChI=1S/C15H14ClNO4/c1-10(12-5-3-4-6-13(12)16)21-15-8-7-11(20-2)9-14(15)17(18)19/h3-10H,1-2H3/t10-/m1/s1. The molecule has 0 aliphatic heterocycles. The van der Waals surface area contributed by atoms with Crippen LogP contribution in [0.5, 0.6) is 11.5 Å². The quantitative estimate of drug-likeness (QED) is 0.607. The van der Waals surface area contributed by atoms with Crippen molar-refractivity contribution in [3.8, 4) is 11.5 Å². The van der Waals surface area contributed by atoms with E-state index in [1.807, 2.05) is 18.2 Å². The third-order valence-corrected chi connectivity index (χ3v) is 3.35. The minimum Gasteiger partial charge on any atom is -0.496 e.